The first-order chi connectivity index (χ1) is 45.8. The normalized spacial score (nSPS) is 22.4. The average Bonchev–Trinajstić information content (AvgIpc) is 1.59. The van der Waals surface area contributed by atoms with E-state index in [0.29, 0.717) is 79.6 Å². The Balaban J connectivity index is 0.000000442. The molecule has 0 radical (unpaired) electrons. The van der Waals surface area contributed by atoms with Crippen LogP contribution < -0.4 is 31.5 Å². The molecule has 2 aliphatic rings. The first-order valence-electron chi connectivity index (χ1n) is 33.7. The number of nitrogens with zero attached hydrogens (tertiary/aromatic N) is 2. The van der Waals surface area contributed by atoms with Crippen LogP contribution in [0, 0.1) is 10.8 Å². The zero-order valence-corrected chi connectivity index (χ0v) is 60.8. The van der Waals surface area contributed by atoms with E-state index in [0.717, 1.165) is 60.8 Å². The van der Waals surface area contributed by atoms with Gasteiger partial charge in [0.2, 0.25) is 11.8 Å². The minimum absolute atomic E-state index is 0. The molecule has 0 fully saturated rings. The number of unbranched alkanes of at least 4 members (excludes halogenated alkanes) is 4. The van der Waals surface area contributed by atoms with Crippen molar-refractivity contribution < 1.29 is 87.7 Å². The van der Waals surface area contributed by atoms with E-state index in [4.69, 9.17) is 36.4 Å². The fourth-order valence-corrected chi connectivity index (χ4v) is 17.5. The molecule has 17 N–H and O–H groups in total. The number of nitrogens with two attached hydrogens (primary N) is 1. The van der Waals surface area contributed by atoms with Crippen molar-refractivity contribution >= 4 is 70.2 Å². The molecule has 0 bridgehead atoms. The topological polar surface area (TPSA) is 414 Å². The molecule has 6 rings (SSSR count). The molecule has 2 aliphatic heterocycles. The summed E-state index contributed by atoms with van der Waals surface area (Å²) in [5.74, 6) is -1.67. The lowest BCUT2D eigenvalue weighted by Crippen LogP contribution is -2.49. The van der Waals surface area contributed by atoms with E-state index in [1.54, 1.807) is 30.3 Å². The second-order valence-electron chi connectivity index (χ2n) is 26.2. The molecule has 0 aromatic heterocycles. The van der Waals surface area contributed by atoms with Crippen LogP contribution in [-0.2, 0) is 29.3 Å². The fourth-order valence-electron chi connectivity index (χ4n) is 12.6. The number of aliphatic hydroxyl groups is 12. The monoisotopic (exact) mass is 1480 g/mol. The Hall–Kier alpha value is -4.76. The van der Waals surface area contributed by atoms with E-state index in [9.17, 15) is 57.1 Å². The Morgan fingerprint density at radius 3 is 1.31 bits per heavy atom. The number of alkyl halides is 1. The van der Waals surface area contributed by atoms with Crippen molar-refractivity contribution in [1.29, 1.82) is 0 Å². The number of hydrogen-bond acceptors (Lipinski definition) is 22. The molecule has 4 aromatic carbocycles. The molecule has 2 heterocycles. The van der Waals surface area contributed by atoms with E-state index in [1.165, 1.54) is 0 Å². The zero-order valence-electron chi connectivity index (χ0n) is 57.5. The second kappa shape index (κ2) is 41.4. The molecular weight excluding hydrogens is 1370 g/mol. The molecule has 98 heavy (non-hydrogen) atoms. The number of sulfone groups is 2. The maximum atomic E-state index is 13.9. The van der Waals surface area contributed by atoms with Gasteiger partial charge in [-0.3, -0.25) is 9.59 Å². The highest BCUT2D eigenvalue weighted by Crippen LogP contribution is 2.51. The molecule has 0 saturated heterocycles. The summed E-state index contributed by atoms with van der Waals surface area (Å²) in [5.41, 5.74) is 8.94. The van der Waals surface area contributed by atoms with Gasteiger partial charge in [0.15, 0.2) is 19.7 Å². The van der Waals surface area contributed by atoms with Gasteiger partial charge in [0, 0.05) is 105 Å². The minimum atomic E-state index is -3.72. The first-order valence-corrected chi connectivity index (χ1v) is 38.1. The van der Waals surface area contributed by atoms with Gasteiger partial charge in [0.1, 0.15) is 36.6 Å². The lowest BCUT2D eigenvalue weighted by molar-refractivity contribution is -0.117. The van der Waals surface area contributed by atoms with E-state index >= 15 is 0 Å². The van der Waals surface area contributed by atoms with Crippen molar-refractivity contribution in [1.82, 2.24) is 5.32 Å². The molecule has 2 amide bonds. The van der Waals surface area contributed by atoms with Crippen LogP contribution in [0.1, 0.15) is 159 Å². The molecule has 556 valence electrons. The van der Waals surface area contributed by atoms with E-state index < -0.39 is 117 Å². The summed E-state index contributed by atoms with van der Waals surface area (Å²) in [7, 11) is 0.245. The maximum Gasteiger partial charge on any atom is 0.224 e. The van der Waals surface area contributed by atoms with Crippen LogP contribution >= 0.6 is 15.9 Å². The van der Waals surface area contributed by atoms with Gasteiger partial charge in [0.05, 0.1) is 58.9 Å². The van der Waals surface area contributed by atoms with Crippen LogP contribution in [-0.4, -0.2) is 229 Å². The van der Waals surface area contributed by atoms with Gasteiger partial charge in [-0.05, 0) is 141 Å². The Morgan fingerprint density at radius 1 is 0.561 bits per heavy atom. The second-order valence-corrected chi connectivity index (χ2v) is 30.9. The summed E-state index contributed by atoms with van der Waals surface area (Å²) in [6.07, 6.45) is -4.85. The highest BCUT2D eigenvalue weighted by atomic mass is 79.9. The Labute approximate surface area is 589 Å². The molecule has 0 aliphatic carbocycles. The third-order valence-corrected chi connectivity index (χ3v) is 23.3. The van der Waals surface area contributed by atoms with E-state index in [2.05, 4.69) is 45.7 Å². The summed E-state index contributed by atoms with van der Waals surface area (Å²) >= 11 is 3.40. The van der Waals surface area contributed by atoms with Crippen LogP contribution in [0.3, 0.4) is 0 Å². The molecule has 27 heteroatoms. The van der Waals surface area contributed by atoms with Gasteiger partial charge < -0.3 is 92.8 Å². The number of anilines is 4. The van der Waals surface area contributed by atoms with Crippen molar-refractivity contribution in [2.45, 2.75) is 208 Å². The number of nitrogens with one attached hydrogen (secondary N) is 3. The number of rotatable bonds is 34. The average molecular weight is 1480 g/mol. The van der Waals surface area contributed by atoms with Crippen molar-refractivity contribution in [2.75, 3.05) is 98.3 Å². The van der Waals surface area contributed by atoms with E-state index in [1.807, 2.05) is 106 Å². The number of hydrogen-bond donors (Lipinski definition) is 16. The molecule has 14 atom stereocenters. The summed E-state index contributed by atoms with van der Waals surface area (Å²) in [6.45, 7) is 6.78. The van der Waals surface area contributed by atoms with Crippen LogP contribution in [0.15, 0.2) is 94.7 Å². The summed E-state index contributed by atoms with van der Waals surface area (Å²) in [5, 5.41) is 126. The molecule has 4 aromatic rings. The third kappa shape index (κ3) is 23.7. The molecular formula is C71H115BrN6O18S2. The van der Waals surface area contributed by atoms with E-state index in [-0.39, 0.29) is 60.0 Å². The number of benzene rings is 4. The van der Waals surface area contributed by atoms with Crippen molar-refractivity contribution in [3.05, 3.63) is 107 Å². The SMILES string of the molecule is C.CCCC[C@]1(CC)CS(=O)(=O)c2ccc(N(C)C)cc2[C@@H](c2cccc(NC(=O)CCCCBr)c2)[C@H]1O.CCCC[C@]1(CC)CS(=O)(=O)c2ccc(N(C)C)cc2[C@@H](c2cccc(NC(=O)CCCCNC[C@H](O)[C@@H](O)[C@H](O)[C@H](O)CO)c2)[C@H]1O.NC[C@H](O)[C@@H](O)[C@H](O)[C@H](O)CO. The van der Waals surface area contributed by atoms with Gasteiger partial charge in [-0.25, -0.2) is 16.8 Å². The third-order valence-electron chi connectivity index (χ3n) is 18.8. The number of aliphatic hydroxyl groups excluding tert-OH is 12. The van der Waals surface area contributed by atoms with Gasteiger partial charge in [-0.15, -0.1) is 0 Å². The summed E-state index contributed by atoms with van der Waals surface area (Å²) in [6, 6.07) is 25.5. The van der Waals surface area contributed by atoms with Crippen molar-refractivity contribution in [3.63, 3.8) is 0 Å². The minimum Gasteiger partial charge on any atom is -0.394 e. The first kappa shape index (κ1) is 87.5. The van der Waals surface area contributed by atoms with Crippen LogP contribution in [0.25, 0.3) is 0 Å². The van der Waals surface area contributed by atoms with Gasteiger partial charge >= 0.3 is 0 Å². The van der Waals surface area contributed by atoms with Crippen molar-refractivity contribution in [2.24, 2.45) is 16.6 Å². The predicted octanol–water partition coefficient (Wildman–Crippen LogP) is 4.89. The van der Waals surface area contributed by atoms with Crippen LogP contribution in [0.5, 0.6) is 0 Å². The van der Waals surface area contributed by atoms with Crippen LogP contribution in [0.2, 0.25) is 0 Å². The summed E-state index contributed by atoms with van der Waals surface area (Å²) in [4.78, 5) is 29.7. The Morgan fingerprint density at radius 2 is 0.949 bits per heavy atom. The molecule has 0 saturated carbocycles. The Kier molecular flexibility index (Phi) is 36.9. The number of carbonyl (C=O) groups is 2. The van der Waals surface area contributed by atoms with Crippen LogP contribution in [0.4, 0.5) is 22.7 Å². The predicted molar refractivity (Wildman–Crippen MR) is 388 cm³/mol. The maximum absolute atomic E-state index is 13.9. The lowest BCUT2D eigenvalue weighted by atomic mass is 9.69. The highest BCUT2D eigenvalue weighted by molar-refractivity contribution is 9.09. The number of halogens is 1. The number of amides is 2. The smallest absolute Gasteiger partial charge is 0.224 e. The number of carbonyl (C=O) groups excluding carboxylic acids is 2. The largest absolute Gasteiger partial charge is 0.394 e. The lowest BCUT2D eigenvalue weighted by Gasteiger charge is -2.39. The Bertz CT molecular complexity index is 3290. The zero-order chi connectivity index (χ0) is 72.6. The van der Waals surface area contributed by atoms with Gasteiger partial charge in [-0.1, -0.05) is 101 Å². The van der Waals surface area contributed by atoms with Gasteiger partial charge in [-0.2, -0.15) is 0 Å². The molecule has 0 spiro atoms. The quantitative estimate of drug-likeness (QED) is 0.0218. The molecule has 24 nitrogen and oxygen atoms in total. The van der Waals surface area contributed by atoms with Gasteiger partial charge in [0.25, 0.3) is 0 Å². The summed E-state index contributed by atoms with van der Waals surface area (Å²) < 4.78 is 55.4. The molecule has 0 unspecified atom stereocenters. The van der Waals surface area contributed by atoms with Crippen molar-refractivity contribution in [3.8, 4) is 0 Å². The highest BCUT2D eigenvalue weighted by Gasteiger charge is 2.51. The fraction of sp³-hybridized carbons (Fsp3) is 0.634. The standard InChI is InChI=1S/C35H55N3O9S.C29H41BrN2O4S.C6H15NO5.CH4/c1-5-7-16-35(6-2)22-48(46,47)29-15-14-25(38(3)4)19-26(29)31(34(35)45)23-11-10-12-24(18-23)37-30(42)13-8-9-17-36-20-27(40)32(43)33(44)28(41)21-39;1-5-7-16-29(6-2)20-37(35,36)25-15-14-23(32(3)4)19-24(25)27(28(29)34)21-11-10-12-22(18-21)31-26(33)13-8-9-17-30;7-1-3(9)5(11)6(12)4(10)2-8;/h10-12,14-15,18-19,27-28,31-34,36,39-41,43-45H,5-9,13,16-17,20-22H2,1-4H3,(H,37,42);10-12,14-15,18-19,27-28,34H,5-9,13,16-17,20H2,1-4H3,(H,31,33);3-6,8-12H,1-2,7H2;1H4/t27-,28+,31+,32+,33+,34+,35+;27-,28-,29-;3-,4+,5+,6+;/m010./s1. The number of fused-ring (bicyclic) bond motifs is 2.